The minimum Gasteiger partial charge on any atom is -0.478 e. The van der Waals surface area contributed by atoms with Crippen molar-refractivity contribution in [1.29, 1.82) is 0 Å². The molecule has 1 aromatic rings. The van der Waals surface area contributed by atoms with Crippen LogP contribution in [0.4, 0.5) is 0 Å². The van der Waals surface area contributed by atoms with Crippen molar-refractivity contribution in [2.45, 2.75) is 77.6 Å². The van der Waals surface area contributed by atoms with Crippen molar-refractivity contribution in [2.75, 3.05) is 0 Å². The fraction of sp³-hybridized carbons (Fsp3) is 0.632. The molecule has 0 amide bonds. The van der Waals surface area contributed by atoms with E-state index >= 15 is 0 Å². The van der Waals surface area contributed by atoms with Crippen LogP contribution in [0, 0.1) is 0 Å². The minimum atomic E-state index is -0.846. The van der Waals surface area contributed by atoms with Gasteiger partial charge in [-0.1, -0.05) is 70.9 Å². The fourth-order valence-electron chi connectivity index (χ4n) is 2.85. The van der Waals surface area contributed by atoms with Gasteiger partial charge in [-0.25, -0.2) is 4.79 Å². The van der Waals surface area contributed by atoms with Gasteiger partial charge in [0.2, 0.25) is 0 Å². The van der Waals surface area contributed by atoms with E-state index in [1.54, 1.807) is 12.1 Å². The first kappa shape index (κ1) is 17.7. The van der Waals surface area contributed by atoms with Crippen LogP contribution < -0.4 is 0 Å². The lowest BCUT2D eigenvalue weighted by Crippen LogP contribution is -2.00. The van der Waals surface area contributed by atoms with Gasteiger partial charge in [-0.05, 0) is 36.5 Å². The molecule has 0 aromatic heterocycles. The van der Waals surface area contributed by atoms with E-state index in [0.29, 0.717) is 11.5 Å². The van der Waals surface area contributed by atoms with E-state index in [2.05, 4.69) is 13.8 Å². The number of benzene rings is 1. The maximum Gasteiger partial charge on any atom is 0.335 e. The molecular weight excluding hydrogens is 260 g/mol. The molecule has 0 saturated heterocycles. The molecule has 0 bridgehead atoms. The van der Waals surface area contributed by atoms with Crippen molar-refractivity contribution in [1.82, 2.24) is 0 Å². The Kier molecular flexibility index (Phi) is 8.80. The molecular formula is C19H30O2. The largest absolute Gasteiger partial charge is 0.478 e. The summed E-state index contributed by atoms with van der Waals surface area (Å²) < 4.78 is 0. The van der Waals surface area contributed by atoms with Crippen LogP contribution in [0.2, 0.25) is 0 Å². The zero-order chi connectivity index (χ0) is 15.5. The van der Waals surface area contributed by atoms with Gasteiger partial charge in [0.05, 0.1) is 5.56 Å². The Bertz CT molecular complexity index is 395. The van der Waals surface area contributed by atoms with Gasteiger partial charge in [-0.2, -0.15) is 0 Å². The third kappa shape index (κ3) is 6.79. The third-order valence-electron chi connectivity index (χ3n) is 4.28. The molecule has 21 heavy (non-hydrogen) atoms. The number of carbonyl (C=O) groups is 1. The summed E-state index contributed by atoms with van der Waals surface area (Å²) in [5.41, 5.74) is 1.66. The first-order chi connectivity index (χ1) is 10.2. The predicted molar refractivity (Wildman–Crippen MR) is 89.0 cm³/mol. The molecule has 1 rings (SSSR count). The third-order valence-corrected chi connectivity index (χ3v) is 4.28. The SMILES string of the molecule is CCCCCCCCCC(CC)c1ccc(C(=O)O)cc1. The Hall–Kier alpha value is -1.31. The Morgan fingerprint density at radius 3 is 2.05 bits per heavy atom. The predicted octanol–water partition coefficient (Wildman–Crippen LogP) is 6.02. The molecule has 1 atom stereocenters. The molecule has 1 unspecified atom stereocenters. The number of unbranched alkanes of at least 4 members (excludes halogenated alkanes) is 6. The highest BCUT2D eigenvalue weighted by atomic mass is 16.4. The molecule has 0 saturated carbocycles. The highest BCUT2D eigenvalue weighted by Gasteiger charge is 2.10. The average Bonchev–Trinajstić information content (AvgIpc) is 2.50. The van der Waals surface area contributed by atoms with Gasteiger partial charge in [-0.3, -0.25) is 0 Å². The second kappa shape index (κ2) is 10.4. The highest BCUT2D eigenvalue weighted by Crippen LogP contribution is 2.26. The van der Waals surface area contributed by atoms with Gasteiger partial charge in [0.1, 0.15) is 0 Å². The number of carboxylic acid groups (broad SMARTS) is 1. The Morgan fingerprint density at radius 1 is 0.952 bits per heavy atom. The van der Waals surface area contributed by atoms with E-state index in [1.165, 1.54) is 56.9 Å². The van der Waals surface area contributed by atoms with Crippen molar-refractivity contribution < 1.29 is 9.90 Å². The number of rotatable bonds is 11. The van der Waals surface area contributed by atoms with Crippen LogP contribution >= 0.6 is 0 Å². The first-order valence-electron chi connectivity index (χ1n) is 8.52. The van der Waals surface area contributed by atoms with Crippen LogP contribution in [0.5, 0.6) is 0 Å². The molecule has 2 heteroatoms. The summed E-state index contributed by atoms with van der Waals surface area (Å²) in [4.78, 5) is 10.9. The van der Waals surface area contributed by atoms with Gasteiger partial charge in [0, 0.05) is 0 Å². The molecule has 0 aliphatic carbocycles. The lowest BCUT2D eigenvalue weighted by molar-refractivity contribution is 0.0697. The van der Waals surface area contributed by atoms with Gasteiger partial charge in [0.15, 0.2) is 0 Å². The topological polar surface area (TPSA) is 37.3 Å². The monoisotopic (exact) mass is 290 g/mol. The zero-order valence-corrected chi connectivity index (χ0v) is 13.6. The minimum absolute atomic E-state index is 0.379. The van der Waals surface area contributed by atoms with Crippen molar-refractivity contribution in [2.24, 2.45) is 0 Å². The van der Waals surface area contributed by atoms with Gasteiger partial charge >= 0.3 is 5.97 Å². The number of carboxylic acids is 1. The molecule has 1 aromatic carbocycles. The molecule has 0 radical (unpaired) electrons. The number of hydrogen-bond donors (Lipinski definition) is 1. The number of hydrogen-bond acceptors (Lipinski definition) is 1. The van der Waals surface area contributed by atoms with Crippen molar-refractivity contribution >= 4 is 5.97 Å². The van der Waals surface area contributed by atoms with Crippen LogP contribution in [-0.2, 0) is 0 Å². The Labute approximate surface area is 129 Å². The van der Waals surface area contributed by atoms with Crippen molar-refractivity contribution in [3.05, 3.63) is 35.4 Å². The maximum atomic E-state index is 10.9. The summed E-state index contributed by atoms with van der Waals surface area (Å²) in [7, 11) is 0. The number of aromatic carboxylic acids is 1. The smallest absolute Gasteiger partial charge is 0.335 e. The zero-order valence-electron chi connectivity index (χ0n) is 13.6. The van der Waals surface area contributed by atoms with E-state index < -0.39 is 5.97 Å². The van der Waals surface area contributed by atoms with Crippen molar-refractivity contribution in [3.8, 4) is 0 Å². The van der Waals surface area contributed by atoms with Gasteiger partial charge < -0.3 is 5.11 Å². The molecule has 118 valence electrons. The quantitative estimate of drug-likeness (QED) is 0.506. The second-order valence-corrected chi connectivity index (χ2v) is 5.94. The van der Waals surface area contributed by atoms with Crippen LogP contribution in [0.15, 0.2) is 24.3 Å². The van der Waals surface area contributed by atoms with Crippen LogP contribution in [0.25, 0.3) is 0 Å². The van der Waals surface area contributed by atoms with E-state index in [1.807, 2.05) is 12.1 Å². The van der Waals surface area contributed by atoms with E-state index in [4.69, 9.17) is 5.11 Å². The highest BCUT2D eigenvalue weighted by molar-refractivity contribution is 5.87. The summed E-state index contributed by atoms with van der Waals surface area (Å²) in [6.07, 6.45) is 11.7. The van der Waals surface area contributed by atoms with Crippen LogP contribution in [-0.4, -0.2) is 11.1 Å². The molecule has 2 nitrogen and oxygen atoms in total. The van der Waals surface area contributed by atoms with E-state index in [9.17, 15) is 4.79 Å². The van der Waals surface area contributed by atoms with Gasteiger partial charge in [-0.15, -0.1) is 0 Å². The lowest BCUT2D eigenvalue weighted by atomic mass is 9.90. The molecule has 0 heterocycles. The molecule has 1 N–H and O–H groups in total. The normalized spacial score (nSPS) is 12.3. The van der Waals surface area contributed by atoms with Crippen LogP contribution in [0.3, 0.4) is 0 Å². The molecule has 0 fully saturated rings. The van der Waals surface area contributed by atoms with Gasteiger partial charge in [0.25, 0.3) is 0 Å². The summed E-state index contributed by atoms with van der Waals surface area (Å²) in [5.74, 6) is -0.273. The molecule has 0 aliphatic rings. The fourth-order valence-corrected chi connectivity index (χ4v) is 2.85. The summed E-state index contributed by atoms with van der Waals surface area (Å²) in [6.45, 7) is 4.47. The maximum absolute atomic E-state index is 10.9. The summed E-state index contributed by atoms with van der Waals surface area (Å²) in [6, 6.07) is 7.42. The second-order valence-electron chi connectivity index (χ2n) is 5.94. The standard InChI is InChI=1S/C19H30O2/c1-3-5-6-7-8-9-10-11-16(4-2)17-12-14-18(15-13-17)19(20)21/h12-16H,3-11H2,1-2H3,(H,20,21). The average molecular weight is 290 g/mol. The molecule has 0 spiro atoms. The van der Waals surface area contributed by atoms with Crippen LogP contribution in [0.1, 0.15) is 93.5 Å². The Morgan fingerprint density at radius 2 is 1.52 bits per heavy atom. The van der Waals surface area contributed by atoms with E-state index in [-0.39, 0.29) is 0 Å². The summed E-state index contributed by atoms with van der Waals surface area (Å²) >= 11 is 0. The van der Waals surface area contributed by atoms with E-state index in [0.717, 1.165) is 6.42 Å². The first-order valence-corrected chi connectivity index (χ1v) is 8.52. The molecule has 0 aliphatic heterocycles. The Balaban J connectivity index is 2.32. The lowest BCUT2D eigenvalue weighted by Gasteiger charge is -2.15. The van der Waals surface area contributed by atoms with Crippen molar-refractivity contribution in [3.63, 3.8) is 0 Å². The summed E-state index contributed by atoms with van der Waals surface area (Å²) in [5, 5.41) is 8.93.